The summed E-state index contributed by atoms with van der Waals surface area (Å²) < 4.78 is 36.8. The molecule has 0 amide bonds. The molecule has 0 unspecified atom stereocenters. The molecular formula is C18H16N2O5S. The van der Waals surface area contributed by atoms with Gasteiger partial charge in [0, 0.05) is 18.3 Å². The van der Waals surface area contributed by atoms with E-state index >= 15 is 0 Å². The largest absolute Gasteiger partial charge is 0.472 e. The van der Waals surface area contributed by atoms with Gasteiger partial charge in [0.25, 0.3) is 0 Å². The van der Waals surface area contributed by atoms with Gasteiger partial charge in [-0.05, 0) is 42.0 Å². The molecule has 1 N–H and O–H groups in total. The van der Waals surface area contributed by atoms with Crippen molar-refractivity contribution in [2.24, 2.45) is 0 Å². The van der Waals surface area contributed by atoms with Crippen molar-refractivity contribution in [1.29, 1.82) is 0 Å². The number of hydrogen-bond donors (Lipinski definition) is 1. The van der Waals surface area contributed by atoms with E-state index in [-0.39, 0.29) is 17.0 Å². The fraction of sp³-hybridized carbons (Fsp3) is 0.111. The number of rotatable bonds is 6. The smallest absolute Gasteiger partial charge is 0.337 e. The van der Waals surface area contributed by atoms with Crippen LogP contribution >= 0.6 is 0 Å². The summed E-state index contributed by atoms with van der Waals surface area (Å²) in [5, 5.41) is 0. The molecule has 0 atom stereocenters. The van der Waals surface area contributed by atoms with Crippen LogP contribution in [0.2, 0.25) is 0 Å². The molecule has 3 aromatic rings. The van der Waals surface area contributed by atoms with Gasteiger partial charge in [0.1, 0.15) is 0 Å². The van der Waals surface area contributed by atoms with Crippen LogP contribution in [0.1, 0.15) is 15.9 Å². The molecule has 0 aliphatic heterocycles. The van der Waals surface area contributed by atoms with E-state index in [4.69, 9.17) is 4.42 Å². The fourth-order valence-corrected chi connectivity index (χ4v) is 3.28. The van der Waals surface area contributed by atoms with Gasteiger partial charge in [0.15, 0.2) is 0 Å². The van der Waals surface area contributed by atoms with Crippen molar-refractivity contribution < 1.29 is 22.4 Å². The topological polar surface area (TPSA) is 98.5 Å². The van der Waals surface area contributed by atoms with Crippen molar-refractivity contribution in [2.45, 2.75) is 11.4 Å². The van der Waals surface area contributed by atoms with Crippen LogP contribution in [0.25, 0.3) is 11.3 Å². The Balaban J connectivity index is 1.67. The third-order valence-electron chi connectivity index (χ3n) is 3.69. The van der Waals surface area contributed by atoms with E-state index in [0.717, 1.165) is 11.3 Å². The summed E-state index contributed by atoms with van der Waals surface area (Å²) in [4.78, 5) is 15.7. The van der Waals surface area contributed by atoms with Crippen LogP contribution in [-0.2, 0) is 21.3 Å². The number of hydrogen-bond acceptors (Lipinski definition) is 6. The maximum Gasteiger partial charge on any atom is 0.337 e. The molecule has 134 valence electrons. The Morgan fingerprint density at radius 3 is 2.50 bits per heavy atom. The molecule has 2 heterocycles. The number of sulfonamides is 1. The molecule has 0 radical (unpaired) electrons. The first-order valence-corrected chi connectivity index (χ1v) is 9.13. The molecule has 26 heavy (non-hydrogen) atoms. The Morgan fingerprint density at radius 2 is 1.92 bits per heavy atom. The summed E-state index contributed by atoms with van der Waals surface area (Å²) in [5.74, 6) is -0.523. The van der Waals surface area contributed by atoms with Crippen molar-refractivity contribution in [3.8, 4) is 11.3 Å². The van der Waals surface area contributed by atoms with Crippen LogP contribution in [0.15, 0.2) is 70.5 Å². The Kier molecular flexibility index (Phi) is 5.15. The number of benzene rings is 1. The third-order valence-corrected chi connectivity index (χ3v) is 5.11. The summed E-state index contributed by atoms with van der Waals surface area (Å²) in [6.45, 7) is 0.0970. The van der Waals surface area contributed by atoms with Gasteiger partial charge >= 0.3 is 5.97 Å². The highest BCUT2D eigenvalue weighted by atomic mass is 32.2. The Morgan fingerprint density at radius 1 is 1.15 bits per heavy atom. The average molecular weight is 372 g/mol. The van der Waals surface area contributed by atoms with E-state index in [1.54, 1.807) is 36.9 Å². The first kappa shape index (κ1) is 17.8. The van der Waals surface area contributed by atoms with Crippen molar-refractivity contribution in [3.63, 3.8) is 0 Å². The Labute approximate surface area is 150 Å². The van der Waals surface area contributed by atoms with Gasteiger partial charge < -0.3 is 9.15 Å². The molecule has 3 rings (SSSR count). The van der Waals surface area contributed by atoms with E-state index in [9.17, 15) is 13.2 Å². The van der Waals surface area contributed by atoms with E-state index in [1.165, 1.54) is 31.4 Å². The lowest BCUT2D eigenvalue weighted by atomic mass is 10.2. The first-order chi connectivity index (χ1) is 12.5. The summed E-state index contributed by atoms with van der Waals surface area (Å²) in [5.41, 5.74) is 2.59. The Bertz CT molecular complexity index is 979. The van der Waals surface area contributed by atoms with Gasteiger partial charge in [0.2, 0.25) is 10.0 Å². The number of methoxy groups -OCH3 is 1. The highest BCUT2D eigenvalue weighted by molar-refractivity contribution is 7.89. The molecule has 1 aromatic carbocycles. The molecule has 0 aliphatic carbocycles. The van der Waals surface area contributed by atoms with Crippen molar-refractivity contribution in [1.82, 2.24) is 9.71 Å². The molecule has 8 heteroatoms. The first-order valence-electron chi connectivity index (χ1n) is 7.65. The summed E-state index contributed by atoms with van der Waals surface area (Å²) in [6.07, 6.45) is 4.75. The lowest BCUT2D eigenvalue weighted by molar-refractivity contribution is 0.0600. The van der Waals surface area contributed by atoms with Crippen molar-refractivity contribution in [2.75, 3.05) is 7.11 Å². The minimum absolute atomic E-state index is 0.0631. The third kappa shape index (κ3) is 3.98. The number of aromatic nitrogens is 1. The standard InChI is InChI=1S/C18H16N2O5S/c1-24-18(21)14-3-5-16(6-4-14)26(22,23)20-11-13-2-7-17(19-10-13)15-8-9-25-12-15/h2-10,12,20H,11H2,1H3. The van der Waals surface area contributed by atoms with Gasteiger partial charge in [0.05, 0.1) is 35.8 Å². The maximum absolute atomic E-state index is 12.3. The predicted molar refractivity (Wildman–Crippen MR) is 93.7 cm³/mol. The predicted octanol–water partition coefficient (Wildman–Crippen LogP) is 2.61. The lowest BCUT2D eigenvalue weighted by Gasteiger charge is -2.08. The fourth-order valence-electron chi connectivity index (χ4n) is 2.26. The number of carbonyl (C=O) groups excluding carboxylic acids is 1. The van der Waals surface area contributed by atoms with E-state index in [2.05, 4.69) is 14.4 Å². The molecule has 0 spiro atoms. The number of pyridine rings is 1. The second-order valence-electron chi connectivity index (χ2n) is 5.40. The summed E-state index contributed by atoms with van der Waals surface area (Å²) in [7, 11) is -2.44. The number of ether oxygens (including phenoxy) is 1. The molecule has 0 aliphatic rings. The van der Waals surface area contributed by atoms with E-state index < -0.39 is 16.0 Å². The molecule has 0 bridgehead atoms. The second kappa shape index (κ2) is 7.51. The lowest BCUT2D eigenvalue weighted by Crippen LogP contribution is -2.23. The van der Waals surface area contributed by atoms with Crippen molar-refractivity contribution in [3.05, 3.63) is 72.3 Å². The zero-order valence-corrected chi connectivity index (χ0v) is 14.7. The monoisotopic (exact) mass is 372 g/mol. The van der Waals surface area contributed by atoms with E-state index in [1.807, 2.05) is 0 Å². The van der Waals surface area contributed by atoms with Gasteiger partial charge in [-0.2, -0.15) is 0 Å². The average Bonchev–Trinajstić information content (AvgIpc) is 3.21. The zero-order chi connectivity index (χ0) is 18.6. The molecule has 0 saturated carbocycles. The minimum atomic E-state index is -3.71. The SMILES string of the molecule is COC(=O)c1ccc(S(=O)(=O)NCc2ccc(-c3ccoc3)nc2)cc1. The zero-order valence-electron chi connectivity index (χ0n) is 13.9. The van der Waals surface area contributed by atoms with Crippen LogP contribution in [0, 0.1) is 0 Å². The molecule has 2 aromatic heterocycles. The number of nitrogens with zero attached hydrogens (tertiary/aromatic N) is 1. The Hall–Kier alpha value is -2.97. The van der Waals surface area contributed by atoms with Crippen molar-refractivity contribution >= 4 is 16.0 Å². The molecule has 0 fully saturated rings. The number of carbonyl (C=O) groups is 1. The van der Waals surface area contributed by atoms with Crippen LogP contribution < -0.4 is 4.72 Å². The molecule has 7 nitrogen and oxygen atoms in total. The number of furan rings is 1. The van der Waals surface area contributed by atoms with Gasteiger partial charge in [-0.25, -0.2) is 17.9 Å². The normalized spacial score (nSPS) is 11.3. The van der Waals surface area contributed by atoms with Gasteiger partial charge in [-0.3, -0.25) is 4.98 Å². The second-order valence-corrected chi connectivity index (χ2v) is 7.17. The van der Waals surface area contributed by atoms with Gasteiger partial charge in [-0.1, -0.05) is 6.07 Å². The maximum atomic E-state index is 12.3. The quantitative estimate of drug-likeness (QED) is 0.668. The van der Waals surface area contributed by atoms with Crippen LogP contribution in [0.3, 0.4) is 0 Å². The molecular weight excluding hydrogens is 356 g/mol. The molecule has 0 saturated heterocycles. The summed E-state index contributed by atoms with van der Waals surface area (Å²) >= 11 is 0. The van der Waals surface area contributed by atoms with E-state index in [0.29, 0.717) is 5.56 Å². The van der Waals surface area contributed by atoms with Gasteiger partial charge in [-0.15, -0.1) is 0 Å². The highest BCUT2D eigenvalue weighted by Gasteiger charge is 2.15. The van der Waals surface area contributed by atoms with Crippen LogP contribution in [0.4, 0.5) is 0 Å². The summed E-state index contributed by atoms with van der Waals surface area (Å²) in [6, 6.07) is 10.9. The van der Waals surface area contributed by atoms with Crippen LogP contribution in [-0.4, -0.2) is 26.5 Å². The number of nitrogens with one attached hydrogen (secondary N) is 1. The number of esters is 1. The minimum Gasteiger partial charge on any atom is -0.472 e. The van der Waals surface area contributed by atoms with Crippen LogP contribution in [0.5, 0.6) is 0 Å². The highest BCUT2D eigenvalue weighted by Crippen LogP contribution is 2.17.